The molecule has 1 heterocycles. The van der Waals surface area contributed by atoms with Crippen molar-refractivity contribution in [3.63, 3.8) is 0 Å². The van der Waals surface area contributed by atoms with Gasteiger partial charge in [0.1, 0.15) is 5.75 Å². The van der Waals surface area contributed by atoms with Crippen LogP contribution in [0.4, 0.5) is 11.4 Å². The maximum Gasteiger partial charge on any atom is 0.187 e. The Hall–Kier alpha value is -2.80. The van der Waals surface area contributed by atoms with Gasteiger partial charge in [-0.05, 0) is 29.8 Å². The van der Waals surface area contributed by atoms with Gasteiger partial charge in [-0.15, -0.1) is 0 Å². The minimum atomic E-state index is 0.657. The van der Waals surface area contributed by atoms with E-state index < -0.39 is 0 Å². The van der Waals surface area contributed by atoms with Crippen LogP contribution >= 0.6 is 0 Å². The number of hydrogen-bond donors (Lipinski definition) is 0. The van der Waals surface area contributed by atoms with Crippen LogP contribution in [0.1, 0.15) is 12.0 Å². The lowest BCUT2D eigenvalue weighted by atomic mass is 10.1. The molecule has 0 bridgehead atoms. The number of ether oxygens (including phenoxy) is 1. The second-order valence-electron chi connectivity index (χ2n) is 4.78. The van der Waals surface area contributed by atoms with Gasteiger partial charge < -0.3 is 4.74 Å². The van der Waals surface area contributed by atoms with Crippen LogP contribution < -0.4 is 9.75 Å². The zero-order chi connectivity index (χ0) is 14.7. The van der Waals surface area contributed by atoms with E-state index in [4.69, 9.17) is 11.3 Å². The molecule has 0 N–H and O–H groups in total. The van der Waals surface area contributed by atoms with Gasteiger partial charge in [0.15, 0.2) is 5.69 Å². The maximum absolute atomic E-state index is 6.98. The third-order valence-electron chi connectivity index (χ3n) is 3.50. The lowest BCUT2D eigenvalue weighted by Crippen LogP contribution is -2.11. The zero-order valence-corrected chi connectivity index (χ0v) is 11.8. The number of anilines is 1. The van der Waals surface area contributed by atoms with E-state index >= 15 is 0 Å². The summed E-state index contributed by atoms with van der Waals surface area (Å²) in [6.45, 7) is 7.84. The van der Waals surface area contributed by atoms with Crippen molar-refractivity contribution in [1.29, 1.82) is 0 Å². The molecule has 4 heteroatoms. The third kappa shape index (κ3) is 2.72. The second kappa shape index (κ2) is 5.68. The first-order valence-corrected chi connectivity index (χ1v) is 6.77. The van der Waals surface area contributed by atoms with E-state index in [-0.39, 0.29) is 0 Å². The van der Waals surface area contributed by atoms with Crippen LogP contribution in [-0.2, 0) is 0 Å². The standard InChI is InChI=1S/C17H15N3O/c1-18-14-5-3-13(4-6-14)17-11-12-20(19-17)15-7-9-16(21-2)10-8-15/h3-10H,11-12H2,2H3. The molecule has 4 nitrogen and oxygen atoms in total. The van der Waals surface area contributed by atoms with E-state index in [0.29, 0.717) is 5.69 Å². The summed E-state index contributed by atoms with van der Waals surface area (Å²) >= 11 is 0. The first-order chi connectivity index (χ1) is 10.3. The third-order valence-corrected chi connectivity index (χ3v) is 3.50. The van der Waals surface area contributed by atoms with Crippen molar-refractivity contribution >= 4 is 17.1 Å². The van der Waals surface area contributed by atoms with E-state index in [2.05, 4.69) is 9.95 Å². The highest BCUT2D eigenvalue weighted by Crippen LogP contribution is 2.24. The molecule has 3 rings (SSSR count). The highest BCUT2D eigenvalue weighted by Gasteiger charge is 2.17. The SMILES string of the molecule is [C-]#[N+]c1ccc(C2=NN(c3ccc(OC)cc3)CC2)cc1. The molecule has 104 valence electrons. The van der Waals surface area contributed by atoms with Gasteiger partial charge in [0.05, 0.1) is 25.1 Å². The highest BCUT2D eigenvalue weighted by atomic mass is 16.5. The van der Waals surface area contributed by atoms with Crippen LogP contribution in [-0.4, -0.2) is 19.4 Å². The number of benzene rings is 2. The maximum atomic E-state index is 6.98. The molecule has 0 aliphatic carbocycles. The summed E-state index contributed by atoms with van der Waals surface area (Å²) in [5.41, 5.74) is 3.86. The molecular formula is C17H15N3O. The van der Waals surface area contributed by atoms with E-state index in [1.807, 2.05) is 53.5 Å². The largest absolute Gasteiger partial charge is 0.497 e. The number of methoxy groups -OCH3 is 1. The van der Waals surface area contributed by atoms with Gasteiger partial charge in [-0.1, -0.05) is 24.3 Å². The Morgan fingerprint density at radius 2 is 1.81 bits per heavy atom. The monoisotopic (exact) mass is 277 g/mol. The molecule has 0 aromatic heterocycles. The van der Waals surface area contributed by atoms with Gasteiger partial charge in [0, 0.05) is 13.0 Å². The lowest BCUT2D eigenvalue weighted by Gasteiger charge is -2.13. The number of hydrazone groups is 1. The molecule has 0 saturated carbocycles. The topological polar surface area (TPSA) is 29.2 Å². The molecular weight excluding hydrogens is 262 g/mol. The van der Waals surface area contributed by atoms with Crippen molar-refractivity contribution in [3.05, 3.63) is 65.5 Å². The Kier molecular flexibility index (Phi) is 3.57. The Bertz CT molecular complexity index is 696. The summed E-state index contributed by atoms with van der Waals surface area (Å²) in [4.78, 5) is 3.40. The second-order valence-corrected chi connectivity index (χ2v) is 4.78. The van der Waals surface area contributed by atoms with Gasteiger partial charge in [-0.2, -0.15) is 5.10 Å². The van der Waals surface area contributed by atoms with Gasteiger partial charge in [-0.25, -0.2) is 4.85 Å². The van der Waals surface area contributed by atoms with Gasteiger partial charge in [0.25, 0.3) is 0 Å². The molecule has 21 heavy (non-hydrogen) atoms. The molecule has 2 aromatic rings. The summed E-state index contributed by atoms with van der Waals surface area (Å²) in [6.07, 6.45) is 0.906. The molecule has 1 aliphatic rings. The van der Waals surface area contributed by atoms with E-state index in [0.717, 1.165) is 35.7 Å². The average molecular weight is 277 g/mol. The normalized spacial score (nSPS) is 13.7. The van der Waals surface area contributed by atoms with Crippen molar-refractivity contribution in [1.82, 2.24) is 0 Å². The average Bonchev–Trinajstić information content (AvgIpc) is 3.05. The smallest absolute Gasteiger partial charge is 0.187 e. The molecule has 2 aromatic carbocycles. The first-order valence-electron chi connectivity index (χ1n) is 6.77. The van der Waals surface area contributed by atoms with Crippen LogP contribution in [0.15, 0.2) is 53.6 Å². The minimum Gasteiger partial charge on any atom is -0.497 e. The summed E-state index contributed by atoms with van der Waals surface area (Å²) in [5.74, 6) is 0.844. The predicted octanol–water partition coefficient (Wildman–Crippen LogP) is 3.86. The quantitative estimate of drug-likeness (QED) is 0.797. The van der Waals surface area contributed by atoms with E-state index in [9.17, 15) is 0 Å². The Morgan fingerprint density at radius 1 is 1.10 bits per heavy atom. The summed E-state index contributed by atoms with van der Waals surface area (Å²) < 4.78 is 5.17. The number of hydrogen-bond acceptors (Lipinski definition) is 3. The predicted molar refractivity (Wildman–Crippen MR) is 84.2 cm³/mol. The van der Waals surface area contributed by atoms with Crippen LogP contribution in [0, 0.1) is 6.57 Å². The van der Waals surface area contributed by atoms with Crippen LogP contribution in [0.5, 0.6) is 5.75 Å². The fraction of sp³-hybridized carbons (Fsp3) is 0.176. The molecule has 0 unspecified atom stereocenters. The lowest BCUT2D eigenvalue weighted by molar-refractivity contribution is 0.415. The van der Waals surface area contributed by atoms with Gasteiger partial charge in [-0.3, -0.25) is 5.01 Å². The van der Waals surface area contributed by atoms with Crippen LogP contribution in [0.2, 0.25) is 0 Å². The summed E-state index contributed by atoms with van der Waals surface area (Å²) in [5, 5.41) is 6.67. The van der Waals surface area contributed by atoms with Gasteiger partial charge in [0.2, 0.25) is 0 Å². The number of rotatable bonds is 3. The van der Waals surface area contributed by atoms with Crippen molar-refractivity contribution in [2.45, 2.75) is 6.42 Å². The summed E-state index contributed by atoms with van der Waals surface area (Å²) in [6, 6.07) is 15.5. The Morgan fingerprint density at radius 3 is 2.43 bits per heavy atom. The minimum absolute atomic E-state index is 0.657. The van der Waals surface area contributed by atoms with Crippen molar-refractivity contribution < 1.29 is 4.74 Å². The van der Waals surface area contributed by atoms with Crippen molar-refractivity contribution in [2.75, 3.05) is 18.7 Å². The molecule has 0 fully saturated rings. The Balaban J connectivity index is 1.81. The Labute approximate surface area is 124 Å². The molecule has 0 radical (unpaired) electrons. The van der Waals surface area contributed by atoms with Gasteiger partial charge >= 0.3 is 0 Å². The van der Waals surface area contributed by atoms with Crippen molar-refractivity contribution in [2.24, 2.45) is 5.10 Å². The fourth-order valence-electron chi connectivity index (χ4n) is 2.33. The van der Waals surface area contributed by atoms with Crippen molar-refractivity contribution in [3.8, 4) is 5.75 Å². The van der Waals surface area contributed by atoms with Crippen LogP contribution in [0.3, 0.4) is 0 Å². The van der Waals surface area contributed by atoms with Crippen LogP contribution in [0.25, 0.3) is 4.85 Å². The molecule has 0 spiro atoms. The summed E-state index contributed by atoms with van der Waals surface area (Å²) in [7, 11) is 1.66. The fourth-order valence-corrected chi connectivity index (χ4v) is 2.33. The molecule has 0 amide bonds. The first kappa shape index (κ1) is 13.2. The van der Waals surface area contributed by atoms with E-state index in [1.165, 1.54) is 0 Å². The number of nitrogens with zero attached hydrogens (tertiary/aromatic N) is 3. The molecule has 0 saturated heterocycles. The highest BCUT2D eigenvalue weighted by molar-refractivity contribution is 6.02. The zero-order valence-electron chi connectivity index (χ0n) is 11.8. The molecule has 1 aliphatic heterocycles. The van der Waals surface area contributed by atoms with E-state index in [1.54, 1.807) is 7.11 Å². The molecule has 0 atom stereocenters.